The van der Waals surface area contributed by atoms with Gasteiger partial charge in [-0.25, -0.2) is 14.6 Å². The minimum atomic E-state index is -1.03. The topological polar surface area (TPSA) is 111 Å². The van der Waals surface area contributed by atoms with Crippen LogP contribution in [0.5, 0.6) is 0 Å². The molecule has 0 spiro atoms. The number of carbonyl (C=O) groups is 2. The Labute approximate surface area is 269 Å². The molecule has 2 aromatic heterocycles. The molecule has 1 aliphatic rings. The number of carbonyl (C=O) groups excluding carboxylic acids is 1. The highest BCUT2D eigenvalue weighted by Crippen LogP contribution is 2.36. The van der Waals surface area contributed by atoms with Gasteiger partial charge in [0.15, 0.2) is 4.80 Å². The van der Waals surface area contributed by atoms with E-state index in [9.17, 15) is 19.5 Å². The van der Waals surface area contributed by atoms with Gasteiger partial charge < -0.3 is 14.3 Å². The molecule has 232 valence electrons. The Morgan fingerprint density at radius 3 is 2.46 bits per heavy atom. The van der Waals surface area contributed by atoms with E-state index in [1.807, 2.05) is 61.5 Å². The van der Waals surface area contributed by atoms with Crippen LogP contribution in [0.15, 0.2) is 105 Å². The van der Waals surface area contributed by atoms with Gasteiger partial charge in [0.25, 0.3) is 5.56 Å². The van der Waals surface area contributed by atoms with Crippen molar-refractivity contribution in [3.8, 4) is 11.3 Å². The Balaban J connectivity index is 1.54. The first-order chi connectivity index (χ1) is 22.2. The van der Waals surface area contributed by atoms with Crippen molar-refractivity contribution >= 4 is 35.0 Å². The van der Waals surface area contributed by atoms with E-state index < -0.39 is 18.0 Å². The van der Waals surface area contributed by atoms with Crippen molar-refractivity contribution in [1.82, 2.24) is 4.57 Å². The summed E-state index contributed by atoms with van der Waals surface area (Å²) in [5.74, 6) is -0.346. The maximum Gasteiger partial charge on any atom is 0.338 e. The Morgan fingerprint density at radius 2 is 1.78 bits per heavy atom. The summed E-state index contributed by atoms with van der Waals surface area (Å²) in [5, 5.41) is 9.46. The predicted octanol–water partition coefficient (Wildman–Crippen LogP) is 6.33. The quantitative estimate of drug-likeness (QED) is 0.200. The number of esters is 1. The molecule has 1 atom stereocenters. The summed E-state index contributed by atoms with van der Waals surface area (Å²) in [7, 11) is 0. The molecule has 0 aliphatic carbocycles. The number of nitrogens with zero attached hydrogens (tertiary/aromatic N) is 2. The Bertz CT molecular complexity index is 2170. The highest BCUT2D eigenvalue weighted by atomic mass is 32.1. The molecule has 1 aliphatic heterocycles. The monoisotopic (exact) mass is 632 g/mol. The molecule has 3 aromatic carbocycles. The number of aromatic nitrogens is 1. The third-order valence-electron chi connectivity index (χ3n) is 7.94. The van der Waals surface area contributed by atoms with E-state index in [-0.39, 0.29) is 17.7 Å². The van der Waals surface area contributed by atoms with Gasteiger partial charge in [-0.2, -0.15) is 0 Å². The summed E-state index contributed by atoms with van der Waals surface area (Å²) >= 11 is 1.21. The summed E-state index contributed by atoms with van der Waals surface area (Å²) in [4.78, 5) is 44.8. The van der Waals surface area contributed by atoms with Crippen LogP contribution in [0.1, 0.15) is 71.1 Å². The van der Waals surface area contributed by atoms with Crippen molar-refractivity contribution in [1.29, 1.82) is 0 Å². The summed E-state index contributed by atoms with van der Waals surface area (Å²) in [5.41, 5.74) is 4.72. The molecule has 0 saturated carbocycles. The largest absolute Gasteiger partial charge is 0.478 e. The van der Waals surface area contributed by atoms with Crippen molar-refractivity contribution < 1.29 is 23.8 Å². The van der Waals surface area contributed by atoms with Crippen molar-refractivity contribution in [3.63, 3.8) is 0 Å². The molecule has 5 aromatic rings. The Kier molecular flexibility index (Phi) is 8.42. The van der Waals surface area contributed by atoms with Gasteiger partial charge in [0.2, 0.25) is 0 Å². The first-order valence-corrected chi connectivity index (χ1v) is 15.8. The Morgan fingerprint density at radius 1 is 1.04 bits per heavy atom. The number of aryl methyl sites for hydroxylation is 1. The summed E-state index contributed by atoms with van der Waals surface area (Å²) < 4.78 is 13.6. The standard InChI is InChI=1S/C37H32N2O6S/c1-5-44-36(43)31-32(24-9-7-6-8-10-24)38-37-39(33(31)25-15-13-23(14-16-25)21(2)3)34(40)30(46-37)20-27-17-18-29(45-27)28-19-26(35(41)42)12-11-22(28)4/h6-21,33H,5H2,1-4H3,(H,41,42)/b30-20-/t33-/m0/s1. The van der Waals surface area contributed by atoms with Crippen LogP contribution in [0.4, 0.5) is 0 Å². The number of hydrogen-bond acceptors (Lipinski definition) is 7. The van der Waals surface area contributed by atoms with Crippen molar-refractivity contribution in [2.45, 2.75) is 39.7 Å². The SMILES string of the molecule is CCOC(=O)C1=C(c2ccccc2)N=c2s/c(=C\c3ccc(-c4cc(C(=O)O)ccc4C)o3)c(=O)n2[C@H]1c1ccc(C(C)C)cc1. The van der Waals surface area contributed by atoms with E-state index in [1.54, 1.807) is 47.9 Å². The second-order valence-electron chi connectivity index (χ2n) is 11.3. The number of carboxylic acids is 1. The summed E-state index contributed by atoms with van der Waals surface area (Å²) in [6.07, 6.45) is 1.65. The molecule has 0 bridgehead atoms. The van der Waals surface area contributed by atoms with E-state index in [1.165, 1.54) is 11.3 Å². The van der Waals surface area contributed by atoms with Crippen LogP contribution in [0, 0.1) is 6.92 Å². The third-order valence-corrected chi connectivity index (χ3v) is 8.93. The zero-order chi connectivity index (χ0) is 32.5. The van der Waals surface area contributed by atoms with Crippen molar-refractivity contribution in [2.24, 2.45) is 4.99 Å². The van der Waals surface area contributed by atoms with Crippen LogP contribution < -0.4 is 14.9 Å². The van der Waals surface area contributed by atoms with Crippen LogP contribution in [-0.2, 0) is 9.53 Å². The lowest BCUT2D eigenvalue weighted by molar-refractivity contribution is -0.138. The second kappa shape index (κ2) is 12.6. The van der Waals surface area contributed by atoms with Gasteiger partial charge in [-0.05, 0) is 60.7 Å². The summed E-state index contributed by atoms with van der Waals surface area (Å²) in [6.45, 7) is 8.02. The average Bonchev–Trinajstić information content (AvgIpc) is 3.64. The molecule has 9 heteroatoms. The first-order valence-electron chi connectivity index (χ1n) is 15.0. The number of aromatic carboxylic acids is 1. The molecule has 46 heavy (non-hydrogen) atoms. The molecule has 1 N–H and O–H groups in total. The fraction of sp³-hybridized carbons (Fsp3) is 0.189. The van der Waals surface area contributed by atoms with E-state index in [4.69, 9.17) is 14.1 Å². The predicted molar refractivity (Wildman–Crippen MR) is 177 cm³/mol. The smallest absolute Gasteiger partial charge is 0.338 e. The van der Waals surface area contributed by atoms with E-state index in [2.05, 4.69) is 13.8 Å². The number of furan rings is 1. The highest BCUT2D eigenvalue weighted by Gasteiger charge is 2.35. The van der Waals surface area contributed by atoms with Gasteiger partial charge >= 0.3 is 11.9 Å². The molecular weight excluding hydrogens is 600 g/mol. The number of rotatable bonds is 8. The first kappa shape index (κ1) is 30.7. The molecule has 0 saturated heterocycles. The molecular formula is C37H32N2O6S. The Hall–Kier alpha value is -5.28. The molecule has 3 heterocycles. The number of fused-ring (bicyclic) bond motifs is 1. The lowest BCUT2D eigenvalue weighted by Gasteiger charge is -2.26. The van der Waals surface area contributed by atoms with Crippen LogP contribution in [0.25, 0.3) is 23.1 Å². The van der Waals surface area contributed by atoms with Crippen LogP contribution in [0.3, 0.4) is 0 Å². The van der Waals surface area contributed by atoms with Gasteiger partial charge in [0.1, 0.15) is 11.5 Å². The molecule has 0 amide bonds. The fourth-order valence-electron chi connectivity index (χ4n) is 5.54. The number of carboxylic acid groups (broad SMARTS) is 1. The zero-order valence-corrected chi connectivity index (χ0v) is 26.6. The zero-order valence-electron chi connectivity index (χ0n) is 25.8. The maximum atomic E-state index is 14.2. The van der Waals surface area contributed by atoms with Crippen LogP contribution >= 0.6 is 11.3 Å². The normalized spacial score (nSPS) is 14.7. The highest BCUT2D eigenvalue weighted by molar-refractivity contribution is 7.07. The lowest BCUT2D eigenvalue weighted by Crippen LogP contribution is -2.40. The van der Waals surface area contributed by atoms with Crippen LogP contribution in [-0.4, -0.2) is 28.2 Å². The molecule has 0 fully saturated rings. The van der Waals surface area contributed by atoms with Crippen LogP contribution in [0.2, 0.25) is 0 Å². The summed E-state index contributed by atoms with van der Waals surface area (Å²) in [6, 6.07) is 24.9. The molecule has 6 rings (SSSR count). The minimum Gasteiger partial charge on any atom is -0.478 e. The number of thiazole rings is 1. The van der Waals surface area contributed by atoms with E-state index in [0.717, 1.165) is 22.3 Å². The van der Waals surface area contributed by atoms with Gasteiger partial charge in [0, 0.05) is 17.2 Å². The van der Waals surface area contributed by atoms with Gasteiger partial charge in [-0.15, -0.1) is 0 Å². The molecule has 0 radical (unpaired) electrons. The number of benzene rings is 3. The average molecular weight is 633 g/mol. The van der Waals surface area contributed by atoms with E-state index >= 15 is 0 Å². The second-order valence-corrected chi connectivity index (χ2v) is 12.3. The number of hydrogen-bond donors (Lipinski definition) is 1. The molecule has 8 nitrogen and oxygen atoms in total. The van der Waals surface area contributed by atoms with Gasteiger partial charge in [-0.3, -0.25) is 9.36 Å². The minimum absolute atomic E-state index is 0.153. The van der Waals surface area contributed by atoms with Gasteiger partial charge in [0.05, 0.1) is 34.0 Å². The van der Waals surface area contributed by atoms with Gasteiger partial charge in [-0.1, -0.05) is 85.8 Å². The van der Waals surface area contributed by atoms with Crippen molar-refractivity contribution in [3.05, 3.63) is 144 Å². The third kappa shape index (κ3) is 5.77. The number of ether oxygens (including phenoxy) is 1. The lowest BCUT2D eigenvalue weighted by atomic mass is 9.91. The van der Waals surface area contributed by atoms with E-state index in [0.29, 0.717) is 43.6 Å². The molecule has 0 unspecified atom stereocenters. The van der Waals surface area contributed by atoms with Crippen molar-refractivity contribution in [2.75, 3.05) is 6.61 Å². The maximum absolute atomic E-state index is 14.2. The fourth-order valence-corrected chi connectivity index (χ4v) is 6.52.